The van der Waals surface area contributed by atoms with Crippen molar-refractivity contribution in [2.45, 2.75) is 25.9 Å². The zero-order valence-electron chi connectivity index (χ0n) is 10.9. The van der Waals surface area contributed by atoms with Gasteiger partial charge in [-0.3, -0.25) is 14.6 Å². The normalized spacial score (nSPS) is 21.7. The summed E-state index contributed by atoms with van der Waals surface area (Å²) < 4.78 is 5.41. The number of carboxylic acid groups (broad SMARTS) is 1. The lowest BCUT2D eigenvalue weighted by molar-refractivity contribution is -0.143. The number of carboxylic acids is 1. The first kappa shape index (κ1) is 13.1. The van der Waals surface area contributed by atoms with E-state index in [2.05, 4.69) is 11.8 Å². The van der Waals surface area contributed by atoms with Crippen LogP contribution in [-0.2, 0) is 4.79 Å². The molecule has 1 aliphatic heterocycles. The first-order chi connectivity index (χ1) is 8.59. The highest BCUT2D eigenvalue weighted by molar-refractivity contribution is 5.72. The number of hydrogen-bond acceptors (Lipinski definition) is 4. The van der Waals surface area contributed by atoms with Gasteiger partial charge in [0.15, 0.2) is 0 Å². The Balaban J connectivity index is 1.89. The Morgan fingerprint density at radius 2 is 1.89 bits per heavy atom. The van der Waals surface area contributed by atoms with E-state index < -0.39 is 12.0 Å². The van der Waals surface area contributed by atoms with Crippen LogP contribution in [0.1, 0.15) is 25.6 Å². The van der Waals surface area contributed by atoms with Crippen molar-refractivity contribution in [2.75, 3.05) is 26.2 Å². The summed E-state index contributed by atoms with van der Waals surface area (Å²) in [6.45, 7) is 7.19. The maximum atomic E-state index is 10.9. The molecule has 2 rings (SSSR count). The standard InChI is InChI=1S/C13H20N2O3/c1-10(12-4-3-9-18-12)14-5-7-15(8-6-14)11(2)13(16)17/h3-4,9-11H,5-8H2,1-2H3,(H,16,17). The number of furan rings is 1. The zero-order chi connectivity index (χ0) is 13.1. The Morgan fingerprint density at radius 3 is 2.39 bits per heavy atom. The number of hydrogen-bond donors (Lipinski definition) is 1. The molecule has 2 atom stereocenters. The second-order valence-corrected chi connectivity index (χ2v) is 4.78. The highest BCUT2D eigenvalue weighted by atomic mass is 16.4. The predicted octanol–water partition coefficient (Wildman–Crippen LogP) is 1.43. The SMILES string of the molecule is CC(C(=O)O)N1CCN(C(C)c2ccco2)CC1. The van der Waals surface area contributed by atoms with Crippen LogP contribution in [0.5, 0.6) is 0 Å². The number of piperazine rings is 1. The molecule has 1 N–H and O–H groups in total. The summed E-state index contributed by atoms with van der Waals surface area (Å²) in [7, 11) is 0. The molecule has 2 heterocycles. The van der Waals surface area contributed by atoms with Crippen molar-refractivity contribution in [2.24, 2.45) is 0 Å². The minimum atomic E-state index is -0.748. The summed E-state index contributed by atoms with van der Waals surface area (Å²) in [6, 6.07) is 3.74. The summed E-state index contributed by atoms with van der Waals surface area (Å²) in [4.78, 5) is 15.3. The van der Waals surface area contributed by atoms with Crippen LogP contribution in [0.3, 0.4) is 0 Å². The first-order valence-corrected chi connectivity index (χ1v) is 6.34. The maximum Gasteiger partial charge on any atom is 0.320 e. The topological polar surface area (TPSA) is 56.9 Å². The van der Waals surface area contributed by atoms with Gasteiger partial charge in [-0.15, -0.1) is 0 Å². The van der Waals surface area contributed by atoms with Gasteiger partial charge < -0.3 is 9.52 Å². The minimum absolute atomic E-state index is 0.252. The van der Waals surface area contributed by atoms with E-state index in [4.69, 9.17) is 9.52 Å². The second-order valence-electron chi connectivity index (χ2n) is 4.78. The average molecular weight is 252 g/mol. The van der Waals surface area contributed by atoms with E-state index in [9.17, 15) is 4.79 Å². The molecule has 0 radical (unpaired) electrons. The molecule has 2 unspecified atom stereocenters. The predicted molar refractivity (Wildman–Crippen MR) is 67.4 cm³/mol. The van der Waals surface area contributed by atoms with E-state index in [1.165, 1.54) is 0 Å². The summed E-state index contributed by atoms with van der Waals surface area (Å²) in [6.07, 6.45) is 1.69. The van der Waals surface area contributed by atoms with Crippen molar-refractivity contribution < 1.29 is 14.3 Å². The third-order valence-corrected chi connectivity index (χ3v) is 3.76. The third kappa shape index (κ3) is 2.73. The van der Waals surface area contributed by atoms with E-state index in [1.54, 1.807) is 13.2 Å². The maximum absolute atomic E-state index is 10.9. The summed E-state index contributed by atoms with van der Waals surface area (Å²) >= 11 is 0. The molecule has 1 aromatic rings. The van der Waals surface area contributed by atoms with Gasteiger partial charge in [0.2, 0.25) is 0 Å². The molecule has 0 saturated carbocycles. The largest absolute Gasteiger partial charge is 0.480 e. The van der Waals surface area contributed by atoms with Crippen molar-refractivity contribution >= 4 is 5.97 Å². The Bertz CT molecular complexity index is 383. The second kappa shape index (κ2) is 5.54. The van der Waals surface area contributed by atoms with Crippen LogP contribution in [0.25, 0.3) is 0 Å². The summed E-state index contributed by atoms with van der Waals surface area (Å²) in [5.74, 6) is 0.220. The molecule has 1 saturated heterocycles. The van der Waals surface area contributed by atoms with Crippen LogP contribution in [0.2, 0.25) is 0 Å². The highest BCUT2D eigenvalue weighted by Gasteiger charge is 2.28. The molecule has 0 amide bonds. The van der Waals surface area contributed by atoms with Crippen molar-refractivity contribution in [3.05, 3.63) is 24.2 Å². The molecular weight excluding hydrogens is 232 g/mol. The van der Waals surface area contributed by atoms with Crippen LogP contribution >= 0.6 is 0 Å². The van der Waals surface area contributed by atoms with Gasteiger partial charge in [0, 0.05) is 26.2 Å². The molecule has 0 aliphatic carbocycles. The molecule has 5 nitrogen and oxygen atoms in total. The lowest BCUT2D eigenvalue weighted by Crippen LogP contribution is -2.52. The van der Waals surface area contributed by atoms with Crippen molar-refractivity contribution in [1.82, 2.24) is 9.80 Å². The molecule has 1 aliphatic rings. The molecule has 100 valence electrons. The molecule has 18 heavy (non-hydrogen) atoms. The molecular formula is C13H20N2O3. The summed E-state index contributed by atoms with van der Waals surface area (Å²) in [5, 5.41) is 8.99. The van der Waals surface area contributed by atoms with E-state index in [-0.39, 0.29) is 6.04 Å². The van der Waals surface area contributed by atoms with Gasteiger partial charge in [-0.2, -0.15) is 0 Å². The zero-order valence-corrected chi connectivity index (χ0v) is 10.9. The first-order valence-electron chi connectivity index (χ1n) is 6.34. The van der Waals surface area contributed by atoms with Crippen LogP contribution in [0.15, 0.2) is 22.8 Å². The van der Waals surface area contributed by atoms with E-state index in [0.717, 1.165) is 31.9 Å². The number of nitrogens with zero attached hydrogens (tertiary/aromatic N) is 2. The Morgan fingerprint density at radius 1 is 1.28 bits per heavy atom. The van der Waals surface area contributed by atoms with E-state index in [0.29, 0.717) is 0 Å². The molecule has 0 bridgehead atoms. The van der Waals surface area contributed by atoms with Gasteiger partial charge in [-0.1, -0.05) is 0 Å². The van der Waals surface area contributed by atoms with Gasteiger partial charge in [-0.25, -0.2) is 0 Å². The summed E-state index contributed by atoms with van der Waals surface area (Å²) in [5.41, 5.74) is 0. The quantitative estimate of drug-likeness (QED) is 0.878. The van der Waals surface area contributed by atoms with E-state index in [1.807, 2.05) is 17.0 Å². The van der Waals surface area contributed by atoms with Crippen LogP contribution < -0.4 is 0 Å². The number of rotatable bonds is 4. The van der Waals surface area contributed by atoms with Crippen molar-refractivity contribution in [3.63, 3.8) is 0 Å². The Labute approximate surface area is 107 Å². The average Bonchev–Trinajstić information content (AvgIpc) is 2.91. The van der Waals surface area contributed by atoms with Crippen LogP contribution in [0.4, 0.5) is 0 Å². The van der Waals surface area contributed by atoms with Gasteiger partial charge >= 0.3 is 5.97 Å². The third-order valence-electron chi connectivity index (χ3n) is 3.76. The van der Waals surface area contributed by atoms with Gasteiger partial charge in [-0.05, 0) is 26.0 Å². The smallest absolute Gasteiger partial charge is 0.320 e. The van der Waals surface area contributed by atoms with Crippen molar-refractivity contribution in [3.8, 4) is 0 Å². The molecule has 0 aromatic carbocycles. The highest BCUT2D eigenvalue weighted by Crippen LogP contribution is 2.22. The van der Waals surface area contributed by atoms with Gasteiger partial charge in [0.1, 0.15) is 11.8 Å². The fourth-order valence-electron chi connectivity index (χ4n) is 2.38. The van der Waals surface area contributed by atoms with Crippen molar-refractivity contribution in [1.29, 1.82) is 0 Å². The fraction of sp³-hybridized carbons (Fsp3) is 0.615. The van der Waals surface area contributed by atoms with Crippen LogP contribution in [0, 0.1) is 0 Å². The van der Waals surface area contributed by atoms with Crippen LogP contribution in [-0.4, -0.2) is 53.1 Å². The lowest BCUT2D eigenvalue weighted by atomic mass is 10.1. The monoisotopic (exact) mass is 252 g/mol. The molecule has 0 spiro atoms. The minimum Gasteiger partial charge on any atom is -0.480 e. The van der Waals surface area contributed by atoms with E-state index >= 15 is 0 Å². The molecule has 1 fully saturated rings. The Kier molecular flexibility index (Phi) is 4.04. The van der Waals surface area contributed by atoms with Gasteiger partial charge in [0.25, 0.3) is 0 Å². The number of carbonyl (C=O) groups is 1. The fourth-order valence-corrected chi connectivity index (χ4v) is 2.38. The molecule has 1 aromatic heterocycles. The van der Waals surface area contributed by atoms with Gasteiger partial charge in [0.05, 0.1) is 12.3 Å². The molecule has 5 heteroatoms. The number of aliphatic carboxylic acids is 1. The Hall–Kier alpha value is -1.33. The lowest BCUT2D eigenvalue weighted by Gasteiger charge is -2.38.